The van der Waals surface area contributed by atoms with E-state index in [2.05, 4.69) is 10.7 Å². The van der Waals surface area contributed by atoms with E-state index in [0.29, 0.717) is 18.5 Å². The summed E-state index contributed by atoms with van der Waals surface area (Å²) in [5.74, 6) is 4.78. The van der Waals surface area contributed by atoms with Gasteiger partial charge in [0, 0.05) is 32.1 Å². The van der Waals surface area contributed by atoms with Crippen LogP contribution in [0.15, 0.2) is 24.3 Å². The predicted octanol–water partition coefficient (Wildman–Crippen LogP) is -0.142. The molecule has 0 aromatic heterocycles. The molecule has 1 aromatic rings. The van der Waals surface area contributed by atoms with Crippen molar-refractivity contribution in [1.82, 2.24) is 15.6 Å². The number of hydrogen-bond donors (Lipinski definition) is 3. The zero-order valence-electron chi connectivity index (χ0n) is 11.3. The number of amides is 2. The van der Waals surface area contributed by atoms with Crippen molar-refractivity contribution in [2.75, 3.05) is 20.6 Å². The van der Waals surface area contributed by atoms with E-state index in [0.717, 1.165) is 12.1 Å². The molecule has 2 amide bonds. The van der Waals surface area contributed by atoms with Crippen LogP contribution < -0.4 is 16.6 Å². The van der Waals surface area contributed by atoms with Gasteiger partial charge in [0.15, 0.2) is 0 Å². The molecule has 0 atom stereocenters. The zero-order valence-corrected chi connectivity index (χ0v) is 11.3. The lowest BCUT2D eigenvalue weighted by atomic mass is 10.1. The molecule has 6 nitrogen and oxygen atoms in total. The van der Waals surface area contributed by atoms with Crippen LogP contribution in [0.4, 0.5) is 0 Å². The number of nitrogens with one attached hydrogen (secondary N) is 2. The predicted molar refractivity (Wildman–Crippen MR) is 73.1 cm³/mol. The van der Waals surface area contributed by atoms with E-state index in [1.165, 1.54) is 0 Å². The third-order valence-corrected chi connectivity index (χ3v) is 2.80. The van der Waals surface area contributed by atoms with E-state index in [4.69, 9.17) is 5.84 Å². The Labute approximate surface area is 112 Å². The van der Waals surface area contributed by atoms with Crippen LogP contribution in [0.2, 0.25) is 0 Å². The Hall–Kier alpha value is -1.92. The van der Waals surface area contributed by atoms with Gasteiger partial charge in [-0.15, -0.1) is 0 Å². The number of hydrazine groups is 1. The second-order valence-electron chi connectivity index (χ2n) is 4.33. The fourth-order valence-electron chi connectivity index (χ4n) is 1.65. The Morgan fingerprint density at radius 3 is 2.42 bits per heavy atom. The Balaban J connectivity index is 2.48. The number of carbonyl (C=O) groups is 2. The molecule has 0 unspecified atom stereocenters. The summed E-state index contributed by atoms with van der Waals surface area (Å²) >= 11 is 0. The van der Waals surface area contributed by atoms with Crippen LogP contribution in [-0.2, 0) is 11.3 Å². The average Bonchev–Trinajstić information content (AvgIpc) is 2.44. The van der Waals surface area contributed by atoms with Crippen LogP contribution >= 0.6 is 0 Å². The number of nitrogens with zero attached hydrogens (tertiary/aromatic N) is 1. The molecule has 0 aliphatic rings. The molecular weight excluding hydrogens is 244 g/mol. The van der Waals surface area contributed by atoms with Crippen LogP contribution in [0.25, 0.3) is 0 Å². The van der Waals surface area contributed by atoms with Gasteiger partial charge < -0.3 is 10.2 Å². The van der Waals surface area contributed by atoms with Crippen LogP contribution in [-0.4, -0.2) is 37.4 Å². The topological polar surface area (TPSA) is 87.5 Å². The van der Waals surface area contributed by atoms with E-state index in [1.54, 1.807) is 19.2 Å². The quantitative estimate of drug-likeness (QED) is 0.379. The maximum Gasteiger partial charge on any atom is 0.265 e. The second kappa shape index (κ2) is 7.50. The van der Waals surface area contributed by atoms with E-state index in [1.807, 2.05) is 24.1 Å². The number of nitrogen functional groups attached to an aromatic ring is 1. The molecule has 0 aliphatic heterocycles. The Kier molecular flexibility index (Phi) is 5.98. The van der Waals surface area contributed by atoms with Crippen molar-refractivity contribution < 1.29 is 9.59 Å². The first-order chi connectivity index (χ1) is 9.06. The fourth-order valence-corrected chi connectivity index (χ4v) is 1.65. The molecule has 6 heteroatoms. The SMILES string of the molecule is CNC(=O)CCN(C)Cc1ccc(C(=O)NN)cc1. The number of carbonyl (C=O) groups excluding carboxylic acids is 2. The Morgan fingerprint density at radius 2 is 1.89 bits per heavy atom. The van der Waals surface area contributed by atoms with Gasteiger partial charge in [-0.25, -0.2) is 5.84 Å². The highest BCUT2D eigenvalue weighted by Gasteiger charge is 2.06. The molecule has 0 aliphatic carbocycles. The zero-order chi connectivity index (χ0) is 14.3. The van der Waals surface area contributed by atoms with Gasteiger partial charge >= 0.3 is 0 Å². The van der Waals surface area contributed by atoms with Crippen molar-refractivity contribution in [1.29, 1.82) is 0 Å². The third kappa shape index (κ3) is 5.07. The minimum absolute atomic E-state index is 0.0295. The first-order valence-electron chi connectivity index (χ1n) is 6.06. The van der Waals surface area contributed by atoms with Crippen molar-refractivity contribution in [3.05, 3.63) is 35.4 Å². The molecule has 0 radical (unpaired) electrons. The molecule has 0 spiro atoms. The standard InChI is InChI=1S/C13H20N4O2/c1-15-12(18)7-8-17(2)9-10-3-5-11(6-4-10)13(19)16-14/h3-6H,7-9,14H2,1-2H3,(H,15,18)(H,16,19). The average molecular weight is 264 g/mol. The summed E-state index contributed by atoms with van der Waals surface area (Å²) in [6.45, 7) is 1.41. The van der Waals surface area contributed by atoms with Crippen molar-refractivity contribution in [3.8, 4) is 0 Å². The summed E-state index contributed by atoms with van der Waals surface area (Å²) in [5.41, 5.74) is 3.69. The Bertz CT molecular complexity index is 431. The molecule has 0 saturated heterocycles. The van der Waals surface area contributed by atoms with E-state index >= 15 is 0 Å². The molecule has 4 N–H and O–H groups in total. The third-order valence-electron chi connectivity index (χ3n) is 2.80. The lowest BCUT2D eigenvalue weighted by Gasteiger charge is -2.16. The van der Waals surface area contributed by atoms with Crippen LogP contribution in [0.1, 0.15) is 22.3 Å². The first-order valence-corrected chi connectivity index (χ1v) is 6.06. The highest BCUT2D eigenvalue weighted by molar-refractivity contribution is 5.93. The molecule has 0 fully saturated rings. The highest BCUT2D eigenvalue weighted by atomic mass is 16.2. The summed E-state index contributed by atoms with van der Waals surface area (Å²) in [4.78, 5) is 24.4. The van der Waals surface area contributed by atoms with Gasteiger partial charge in [0.05, 0.1) is 0 Å². The van der Waals surface area contributed by atoms with Crippen molar-refractivity contribution in [2.24, 2.45) is 5.84 Å². The molecule has 0 heterocycles. The van der Waals surface area contributed by atoms with E-state index in [-0.39, 0.29) is 11.8 Å². The molecule has 1 aromatic carbocycles. The fraction of sp³-hybridized carbons (Fsp3) is 0.385. The monoisotopic (exact) mass is 264 g/mol. The minimum atomic E-state index is -0.306. The number of benzene rings is 1. The van der Waals surface area contributed by atoms with Gasteiger partial charge in [-0.1, -0.05) is 12.1 Å². The maximum absolute atomic E-state index is 11.3. The molecule has 19 heavy (non-hydrogen) atoms. The second-order valence-corrected chi connectivity index (χ2v) is 4.33. The van der Waals surface area contributed by atoms with Crippen molar-refractivity contribution in [2.45, 2.75) is 13.0 Å². The van der Waals surface area contributed by atoms with Gasteiger partial charge in [-0.2, -0.15) is 0 Å². The number of rotatable bonds is 6. The minimum Gasteiger partial charge on any atom is -0.359 e. The molecule has 1 rings (SSSR count). The summed E-state index contributed by atoms with van der Waals surface area (Å²) in [7, 11) is 3.58. The lowest BCUT2D eigenvalue weighted by molar-refractivity contribution is -0.120. The van der Waals surface area contributed by atoms with Crippen LogP contribution in [0.5, 0.6) is 0 Å². The van der Waals surface area contributed by atoms with Crippen molar-refractivity contribution >= 4 is 11.8 Å². The smallest absolute Gasteiger partial charge is 0.265 e. The molecular formula is C13H20N4O2. The molecule has 0 bridgehead atoms. The number of hydrogen-bond acceptors (Lipinski definition) is 4. The van der Waals surface area contributed by atoms with Gasteiger partial charge in [-0.05, 0) is 24.7 Å². The number of nitrogens with two attached hydrogens (primary N) is 1. The first kappa shape index (κ1) is 15.1. The normalized spacial score (nSPS) is 10.3. The molecule has 104 valence electrons. The largest absolute Gasteiger partial charge is 0.359 e. The van der Waals surface area contributed by atoms with Gasteiger partial charge in [0.2, 0.25) is 5.91 Å². The van der Waals surface area contributed by atoms with E-state index in [9.17, 15) is 9.59 Å². The lowest BCUT2D eigenvalue weighted by Crippen LogP contribution is -2.30. The molecule has 0 saturated carbocycles. The van der Waals surface area contributed by atoms with Gasteiger partial charge in [0.1, 0.15) is 0 Å². The summed E-state index contributed by atoms with van der Waals surface area (Å²) < 4.78 is 0. The summed E-state index contributed by atoms with van der Waals surface area (Å²) in [6.07, 6.45) is 0.473. The Morgan fingerprint density at radius 1 is 1.26 bits per heavy atom. The van der Waals surface area contributed by atoms with Gasteiger partial charge in [0.25, 0.3) is 5.91 Å². The highest BCUT2D eigenvalue weighted by Crippen LogP contribution is 2.07. The van der Waals surface area contributed by atoms with E-state index < -0.39 is 0 Å². The van der Waals surface area contributed by atoms with Crippen LogP contribution in [0.3, 0.4) is 0 Å². The van der Waals surface area contributed by atoms with Crippen LogP contribution in [0, 0.1) is 0 Å². The summed E-state index contributed by atoms with van der Waals surface area (Å²) in [6, 6.07) is 7.20. The summed E-state index contributed by atoms with van der Waals surface area (Å²) in [5, 5.41) is 2.59. The van der Waals surface area contributed by atoms with Gasteiger partial charge in [-0.3, -0.25) is 15.0 Å². The van der Waals surface area contributed by atoms with Crippen molar-refractivity contribution in [3.63, 3.8) is 0 Å². The maximum atomic E-state index is 11.3.